The summed E-state index contributed by atoms with van der Waals surface area (Å²) in [6.45, 7) is 6.10. The van der Waals surface area contributed by atoms with Crippen LogP contribution in [0, 0.1) is 0 Å². The van der Waals surface area contributed by atoms with Crippen molar-refractivity contribution in [1.29, 1.82) is 0 Å². The molecule has 0 aliphatic rings. The standard InChI is InChI=1S/C11H20O/c1-4-6-7-8-9-10(3)11(12)5-2/h7-9,11-12H,4-6H2,1-3H3. The van der Waals surface area contributed by atoms with Crippen molar-refractivity contribution >= 4 is 0 Å². The topological polar surface area (TPSA) is 20.2 Å². The Hall–Kier alpha value is -0.560. The van der Waals surface area contributed by atoms with Gasteiger partial charge in [0.1, 0.15) is 0 Å². The lowest BCUT2D eigenvalue weighted by molar-refractivity contribution is 0.206. The molecular weight excluding hydrogens is 148 g/mol. The summed E-state index contributed by atoms with van der Waals surface area (Å²) in [6.07, 6.45) is 8.97. The minimum absolute atomic E-state index is 0.267. The Labute approximate surface area is 75.8 Å². The first-order chi connectivity index (χ1) is 5.72. The van der Waals surface area contributed by atoms with Crippen molar-refractivity contribution in [3.8, 4) is 0 Å². The summed E-state index contributed by atoms with van der Waals surface area (Å²) in [5.74, 6) is 0. The largest absolute Gasteiger partial charge is 0.389 e. The molecule has 0 aliphatic carbocycles. The van der Waals surface area contributed by atoms with Crippen LogP contribution in [0.2, 0.25) is 0 Å². The molecule has 1 heteroatoms. The van der Waals surface area contributed by atoms with Gasteiger partial charge in [-0.05, 0) is 25.3 Å². The maximum Gasteiger partial charge on any atom is 0.0747 e. The first kappa shape index (κ1) is 11.4. The molecule has 0 radical (unpaired) electrons. The highest BCUT2D eigenvalue weighted by Crippen LogP contribution is 2.04. The Kier molecular flexibility index (Phi) is 6.78. The van der Waals surface area contributed by atoms with E-state index in [1.165, 1.54) is 6.42 Å². The van der Waals surface area contributed by atoms with Gasteiger partial charge in [-0.3, -0.25) is 0 Å². The van der Waals surface area contributed by atoms with Crippen LogP contribution < -0.4 is 0 Å². The van der Waals surface area contributed by atoms with Crippen LogP contribution in [0.5, 0.6) is 0 Å². The van der Waals surface area contributed by atoms with Gasteiger partial charge in [0.25, 0.3) is 0 Å². The highest BCUT2D eigenvalue weighted by atomic mass is 16.3. The number of aliphatic hydroxyl groups excluding tert-OH is 1. The van der Waals surface area contributed by atoms with Crippen LogP contribution in [0.1, 0.15) is 40.0 Å². The summed E-state index contributed by atoms with van der Waals surface area (Å²) < 4.78 is 0. The van der Waals surface area contributed by atoms with Crippen LogP contribution >= 0.6 is 0 Å². The van der Waals surface area contributed by atoms with Crippen molar-refractivity contribution in [3.05, 3.63) is 23.8 Å². The Morgan fingerprint density at radius 2 is 2.08 bits per heavy atom. The van der Waals surface area contributed by atoms with Gasteiger partial charge in [0.2, 0.25) is 0 Å². The van der Waals surface area contributed by atoms with Gasteiger partial charge in [-0.25, -0.2) is 0 Å². The van der Waals surface area contributed by atoms with Gasteiger partial charge in [-0.2, -0.15) is 0 Å². The van der Waals surface area contributed by atoms with Crippen LogP contribution in [0.4, 0.5) is 0 Å². The van der Waals surface area contributed by atoms with E-state index in [0.717, 1.165) is 18.4 Å². The van der Waals surface area contributed by atoms with Crippen molar-refractivity contribution in [2.24, 2.45) is 0 Å². The summed E-state index contributed by atoms with van der Waals surface area (Å²) in [4.78, 5) is 0. The molecule has 0 saturated heterocycles. The van der Waals surface area contributed by atoms with E-state index in [2.05, 4.69) is 13.0 Å². The molecule has 0 amide bonds. The van der Waals surface area contributed by atoms with Gasteiger partial charge in [-0.15, -0.1) is 0 Å². The van der Waals surface area contributed by atoms with E-state index in [4.69, 9.17) is 0 Å². The summed E-state index contributed by atoms with van der Waals surface area (Å²) in [5.41, 5.74) is 1.05. The number of rotatable bonds is 5. The van der Waals surface area contributed by atoms with Gasteiger partial charge < -0.3 is 5.11 Å². The monoisotopic (exact) mass is 168 g/mol. The molecule has 0 aliphatic heterocycles. The summed E-state index contributed by atoms with van der Waals surface area (Å²) in [7, 11) is 0. The number of aliphatic hydroxyl groups is 1. The third-order valence-electron chi connectivity index (χ3n) is 1.86. The maximum atomic E-state index is 9.38. The van der Waals surface area contributed by atoms with Crippen molar-refractivity contribution in [2.45, 2.75) is 46.1 Å². The van der Waals surface area contributed by atoms with E-state index in [-0.39, 0.29) is 6.10 Å². The summed E-state index contributed by atoms with van der Waals surface area (Å²) in [5, 5.41) is 9.38. The van der Waals surface area contributed by atoms with E-state index in [9.17, 15) is 5.11 Å². The first-order valence-electron chi connectivity index (χ1n) is 4.73. The van der Waals surface area contributed by atoms with Crippen molar-refractivity contribution in [3.63, 3.8) is 0 Å². The molecule has 0 spiro atoms. The zero-order valence-corrected chi connectivity index (χ0v) is 8.38. The fourth-order valence-electron chi connectivity index (χ4n) is 0.916. The lowest BCUT2D eigenvalue weighted by atomic mass is 10.1. The SMILES string of the molecule is CCCC=CC=C(C)C(O)CC. The fourth-order valence-corrected chi connectivity index (χ4v) is 0.916. The highest BCUT2D eigenvalue weighted by molar-refractivity contribution is 5.13. The lowest BCUT2D eigenvalue weighted by Crippen LogP contribution is -2.04. The van der Waals surface area contributed by atoms with Crippen LogP contribution in [-0.4, -0.2) is 11.2 Å². The van der Waals surface area contributed by atoms with Gasteiger partial charge in [0.15, 0.2) is 0 Å². The highest BCUT2D eigenvalue weighted by Gasteiger charge is 1.99. The molecule has 0 saturated carbocycles. The minimum Gasteiger partial charge on any atom is -0.389 e. The second kappa shape index (κ2) is 7.11. The molecule has 0 heterocycles. The molecule has 12 heavy (non-hydrogen) atoms. The lowest BCUT2D eigenvalue weighted by Gasteiger charge is -2.05. The summed E-state index contributed by atoms with van der Waals surface area (Å²) >= 11 is 0. The maximum absolute atomic E-state index is 9.38. The van der Waals surface area contributed by atoms with Gasteiger partial charge >= 0.3 is 0 Å². The number of unbranched alkanes of at least 4 members (excludes halogenated alkanes) is 1. The van der Waals surface area contributed by atoms with Crippen LogP contribution in [0.25, 0.3) is 0 Å². The predicted octanol–water partition coefficient (Wildman–Crippen LogP) is 3.06. The van der Waals surface area contributed by atoms with Crippen molar-refractivity contribution in [1.82, 2.24) is 0 Å². The van der Waals surface area contributed by atoms with E-state index < -0.39 is 0 Å². The van der Waals surface area contributed by atoms with Crippen molar-refractivity contribution < 1.29 is 5.11 Å². The fraction of sp³-hybridized carbons (Fsp3) is 0.636. The van der Waals surface area contributed by atoms with E-state index in [0.29, 0.717) is 0 Å². The van der Waals surface area contributed by atoms with Crippen LogP contribution in [0.15, 0.2) is 23.8 Å². The van der Waals surface area contributed by atoms with Gasteiger partial charge in [0, 0.05) is 0 Å². The predicted molar refractivity (Wildman–Crippen MR) is 54.1 cm³/mol. The smallest absolute Gasteiger partial charge is 0.0747 e. The van der Waals surface area contributed by atoms with E-state index >= 15 is 0 Å². The Morgan fingerprint density at radius 1 is 1.42 bits per heavy atom. The second-order valence-corrected chi connectivity index (χ2v) is 3.05. The molecular formula is C11H20O. The minimum atomic E-state index is -0.267. The molecule has 0 rings (SSSR count). The zero-order valence-electron chi connectivity index (χ0n) is 8.38. The molecule has 0 aromatic heterocycles. The third-order valence-corrected chi connectivity index (χ3v) is 1.86. The third kappa shape index (κ3) is 5.14. The zero-order chi connectivity index (χ0) is 9.40. The van der Waals surface area contributed by atoms with E-state index in [1.54, 1.807) is 0 Å². The van der Waals surface area contributed by atoms with Crippen molar-refractivity contribution in [2.75, 3.05) is 0 Å². The Morgan fingerprint density at radius 3 is 2.58 bits per heavy atom. The average Bonchev–Trinajstić information content (AvgIpc) is 2.10. The molecule has 0 bridgehead atoms. The molecule has 0 aromatic rings. The number of hydrogen-bond acceptors (Lipinski definition) is 1. The molecule has 0 fully saturated rings. The average molecular weight is 168 g/mol. The number of hydrogen-bond donors (Lipinski definition) is 1. The molecule has 1 unspecified atom stereocenters. The molecule has 70 valence electrons. The van der Waals surface area contributed by atoms with Crippen LogP contribution in [-0.2, 0) is 0 Å². The van der Waals surface area contributed by atoms with Crippen LogP contribution in [0.3, 0.4) is 0 Å². The molecule has 0 aromatic carbocycles. The quantitative estimate of drug-likeness (QED) is 0.625. The van der Waals surface area contributed by atoms with Gasteiger partial charge in [0.05, 0.1) is 6.10 Å². The molecule has 1 N–H and O–H groups in total. The molecule has 1 nitrogen and oxygen atoms in total. The Bertz CT molecular complexity index is 156. The van der Waals surface area contributed by atoms with E-state index in [1.807, 2.05) is 26.0 Å². The second-order valence-electron chi connectivity index (χ2n) is 3.05. The first-order valence-corrected chi connectivity index (χ1v) is 4.73. The normalized spacial score (nSPS) is 15.5. The number of allylic oxidation sites excluding steroid dienone is 3. The molecule has 1 atom stereocenters. The summed E-state index contributed by atoms with van der Waals surface area (Å²) in [6, 6.07) is 0. The van der Waals surface area contributed by atoms with Gasteiger partial charge in [-0.1, -0.05) is 38.5 Å². The Balaban J connectivity index is 3.82.